The summed E-state index contributed by atoms with van der Waals surface area (Å²) in [5.41, 5.74) is 2.51. The van der Waals surface area contributed by atoms with Crippen LogP contribution in [0.1, 0.15) is 37.9 Å². The Morgan fingerprint density at radius 2 is 1.97 bits per heavy atom. The number of anilines is 1. The second kappa shape index (κ2) is 10.4. The number of aromatic nitrogens is 1. The molecule has 2 aromatic carbocycles. The predicted molar refractivity (Wildman–Crippen MR) is 154 cm³/mol. The van der Waals surface area contributed by atoms with Gasteiger partial charge in [-0.15, -0.1) is 6.58 Å². The number of methoxy groups -OCH3 is 1. The standard InChI is InChI=1S/C29H26BrN3O5S/c1-6-13-32-20-10-8-7-9-18(20)23(26(32)34)25-27(35)33-24(19-14-17(30)11-12-21(19)37-5)22(28(36)38-15(2)3)16(4)31-29(33)39-25/h6-12,14-15,24H,1,13H2,2-5H3/b25-23-/t24-/m0/s1. The number of rotatable bonds is 6. The van der Waals surface area contributed by atoms with Gasteiger partial charge in [0.1, 0.15) is 16.3 Å². The van der Waals surface area contributed by atoms with Crippen LogP contribution in [0.3, 0.4) is 0 Å². The van der Waals surface area contributed by atoms with Crippen molar-refractivity contribution in [2.45, 2.75) is 32.9 Å². The number of amides is 1. The molecule has 39 heavy (non-hydrogen) atoms. The third-order valence-electron chi connectivity index (χ3n) is 6.51. The van der Waals surface area contributed by atoms with E-state index in [4.69, 9.17) is 9.47 Å². The smallest absolute Gasteiger partial charge is 0.338 e. The number of halogens is 1. The molecule has 0 bridgehead atoms. The molecule has 1 amide bonds. The topological polar surface area (TPSA) is 90.2 Å². The Labute approximate surface area is 237 Å². The average molecular weight is 609 g/mol. The van der Waals surface area contributed by atoms with Crippen LogP contribution < -0.4 is 24.5 Å². The Morgan fingerprint density at radius 3 is 2.67 bits per heavy atom. The molecule has 0 spiro atoms. The van der Waals surface area contributed by atoms with Crippen LogP contribution in [-0.2, 0) is 14.3 Å². The van der Waals surface area contributed by atoms with Crippen LogP contribution in [0.15, 0.2) is 80.6 Å². The molecule has 0 saturated heterocycles. The van der Waals surface area contributed by atoms with E-state index in [1.54, 1.807) is 37.8 Å². The molecule has 5 rings (SSSR count). The number of para-hydroxylation sites is 1. The van der Waals surface area contributed by atoms with Crippen LogP contribution in [-0.4, -0.2) is 36.2 Å². The molecule has 2 aliphatic heterocycles. The summed E-state index contributed by atoms with van der Waals surface area (Å²) < 4.78 is 13.7. The number of esters is 1. The van der Waals surface area contributed by atoms with E-state index in [2.05, 4.69) is 27.5 Å². The predicted octanol–water partition coefficient (Wildman–Crippen LogP) is 3.86. The van der Waals surface area contributed by atoms with Crippen molar-refractivity contribution in [3.8, 4) is 5.75 Å². The highest BCUT2D eigenvalue weighted by molar-refractivity contribution is 9.10. The number of ether oxygens (including phenoxy) is 2. The largest absolute Gasteiger partial charge is 0.496 e. The highest BCUT2D eigenvalue weighted by Crippen LogP contribution is 2.38. The zero-order valence-corrected chi connectivity index (χ0v) is 24.3. The fraction of sp³-hybridized carbons (Fsp3) is 0.241. The first-order valence-electron chi connectivity index (χ1n) is 12.3. The van der Waals surface area contributed by atoms with Crippen LogP contribution in [0.5, 0.6) is 5.75 Å². The Balaban J connectivity index is 1.85. The highest BCUT2D eigenvalue weighted by atomic mass is 79.9. The Bertz CT molecular complexity index is 1750. The van der Waals surface area contributed by atoms with E-state index in [0.29, 0.717) is 45.2 Å². The van der Waals surface area contributed by atoms with Gasteiger partial charge >= 0.3 is 5.97 Å². The van der Waals surface area contributed by atoms with Crippen LogP contribution in [0.25, 0.3) is 5.57 Å². The van der Waals surface area contributed by atoms with Crippen molar-refractivity contribution < 1.29 is 19.1 Å². The number of hydrogen-bond acceptors (Lipinski definition) is 7. The Hall–Kier alpha value is -3.76. The van der Waals surface area contributed by atoms with Gasteiger partial charge in [-0.2, -0.15) is 0 Å². The van der Waals surface area contributed by atoms with E-state index in [0.717, 1.165) is 15.8 Å². The molecular weight excluding hydrogens is 582 g/mol. The van der Waals surface area contributed by atoms with Crippen molar-refractivity contribution in [1.29, 1.82) is 0 Å². The van der Waals surface area contributed by atoms with Crippen LogP contribution >= 0.6 is 27.3 Å². The lowest BCUT2D eigenvalue weighted by atomic mass is 9.95. The van der Waals surface area contributed by atoms with Gasteiger partial charge in [0.05, 0.1) is 35.7 Å². The molecule has 3 heterocycles. The van der Waals surface area contributed by atoms with Gasteiger partial charge in [0.2, 0.25) is 0 Å². The van der Waals surface area contributed by atoms with Gasteiger partial charge in [-0.1, -0.05) is 51.5 Å². The molecule has 0 fully saturated rings. The van der Waals surface area contributed by atoms with Crippen molar-refractivity contribution in [2.24, 2.45) is 4.99 Å². The maximum absolute atomic E-state index is 14.3. The van der Waals surface area contributed by atoms with E-state index in [9.17, 15) is 14.4 Å². The molecule has 0 radical (unpaired) electrons. The van der Waals surface area contributed by atoms with Crippen LogP contribution in [0.4, 0.5) is 5.69 Å². The van der Waals surface area contributed by atoms with Gasteiger partial charge in [-0.25, -0.2) is 9.79 Å². The minimum atomic E-state index is -0.884. The first-order valence-corrected chi connectivity index (χ1v) is 13.9. The fourth-order valence-corrected chi connectivity index (χ4v) is 6.45. The lowest BCUT2D eigenvalue weighted by Crippen LogP contribution is -2.41. The number of carbonyl (C=O) groups excluding carboxylic acids is 2. The summed E-state index contributed by atoms with van der Waals surface area (Å²) in [6.45, 7) is 9.32. The van der Waals surface area contributed by atoms with E-state index < -0.39 is 17.6 Å². The lowest BCUT2D eigenvalue weighted by molar-refractivity contribution is -0.143. The molecule has 10 heteroatoms. The maximum atomic E-state index is 14.3. The molecule has 0 unspecified atom stereocenters. The molecular formula is C29H26BrN3O5S. The van der Waals surface area contributed by atoms with Crippen LogP contribution in [0.2, 0.25) is 0 Å². The zero-order chi connectivity index (χ0) is 28.0. The molecule has 1 atom stereocenters. The molecule has 1 aromatic heterocycles. The summed E-state index contributed by atoms with van der Waals surface area (Å²) in [5, 5.41) is 0. The molecule has 0 N–H and O–H groups in total. The molecule has 3 aromatic rings. The third kappa shape index (κ3) is 4.47. The summed E-state index contributed by atoms with van der Waals surface area (Å²) >= 11 is 4.64. The van der Waals surface area contributed by atoms with Crippen LogP contribution in [0, 0.1) is 0 Å². The second-order valence-electron chi connectivity index (χ2n) is 9.34. The monoisotopic (exact) mass is 607 g/mol. The van der Waals surface area contributed by atoms with E-state index in [-0.39, 0.29) is 22.1 Å². The summed E-state index contributed by atoms with van der Waals surface area (Å²) in [7, 11) is 1.53. The number of hydrogen-bond donors (Lipinski definition) is 0. The summed E-state index contributed by atoms with van der Waals surface area (Å²) in [6.07, 6.45) is 1.27. The van der Waals surface area contributed by atoms with Gasteiger partial charge < -0.3 is 14.4 Å². The number of carbonyl (C=O) groups is 2. The normalized spacial score (nSPS) is 17.6. The number of thiazole rings is 1. The molecule has 8 nitrogen and oxygen atoms in total. The van der Waals surface area contributed by atoms with Gasteiger partial charge in [0, 0.05) is 22.1 Å². The quantitative estimate of drug-likeness (QED) is 0.313. The Kier molecular flexibility index (Phi) is 7.17. The maximum Gasteiger partial charge on any atom is 0.338 e. The van der Waals surface area contributed by atoms with Crippen molar-refractivity contribution in [3.05, 3.63) is 102 Å². The first-order chi connectivity index (χ1) is 18.7. The third-order valence-corrected chi connectivity index (χ3v) is 8.05. The number of benzene rings is 2. The summed E-state index contributed by atoms with van der Waals surface area (Å²) in [5.74, 6) is -0.366. The van der Waals surface area contributed by atoms with Gasteiger partial charge in [-0.05, 0) is 45.0 Å². The van der Waals surface area contributed by atoms with Crippen molar-refractivity contribution in [1.82, 2.24) is 4.57 Å². The lowest BCUT2D eigenvalue weighted by Gasteiger charge is -2.26. The minimum absolute atomic E-state index is 0.232. The van der Waals surface area contributed by atoms with Crippen molar-refractivity contribution in [3.63, 3.8) is 0 Å². The van der Waals surface area contributed by atoms with E-state index in [1.165, 1.54) is 11.7 Å². The number of allylic oxidation sites excluding steroid dienone is 1. The van der Waals surface area contributed by atoms with Gasteiger partial charge in [0.15, 0.2) is 4.80 Å². The SMILES string of the molecule is C=CCN1C(=O)/C(=c2\sc3n(c2=O)[C@@H](c2cc(Br)ccc2OC)C(C(=O)OC(C)C)=C(C)N=3)c2ccccc21. The molecule has 0 saturated carbocycles. The van der Waals surface area contributed by atoms with E-state index >= 15 is 0 Å². The van der Waals surface area contributed by atoms with Gasteiger partial charge in [0.25, 0.3) is 11.5 Å². The van der Waals surface area contributed by atoms with Crippen molar-refractivity contribution in [2.75, 3.05) is 18.6 Å². The minimum Gasteiger partial charge on any atom is -0.496 e. The van der Waals surface area contributed by atoms with E-state index in [1.807, 2.05) is 36.4 Å². The highest BCUT2D eigenvalue weighted by Gasteiger charge is 2.38. The Morgan fingerprint density at radius 1 is 1.23 bits per heavy atom. The zero-order valence-electron chi connectivity index (χ0n) is 21.9. The average Bonchev–Trinajstić information content (AvgIpc) is 3.35. The number of nitrogens with zero attached hydrogens (tertiary/aromatic N) is 3. The number of fused-ring (bicyclic) bond motifs is 2. The fourth-order valence-electron chi connectivity index (χ4n) is 4.93. The van der Waals surface area contributed by atoms with Crippen molar-refractivity contribution >= 4 is 50.4 Å². The summed E-state index contributed by atoms with van der Waals surface area (Å²) in [6, 6.07) is 11.9. The first kappa shape index (κ1) is 26.8. The molecule has 0 aliphatic carbocycles. The second-order valence-corrected chi connectivity index (χ2v) is 11.2. The van der Waals surface area contributed by atoms with Gasteiger partial charge in [-0.3, -0.25) is 14.2 Å². The molecule has 2 aliphatic rings. The summed E-state index contributed by atoms with van der Waals surface area (Å²) in [4.78, 5) is 47.9. The molecule has 200 valence electrons.